The molecule has 5 nitrogen and oxygen atoms in total. The summed E-state index contributed by atoms with van der Waals surface area (Å²) in [6.07, 6.45) is 3.29. The Bertz CT molecular complexity index is 255. The maximum atomic E-state index is 11.8. The van der Waals surface area contributed by atoms with Crippen molar-refractivity contribution in [2.45, 2.75) is 44.2 Å². The van der Waals surface area contributed by atoms with E-state index in [-0.39, 0.29) is 24.2 Å². The third kappa shape index (κ3) is 3.28. The quantitative estimate of drug-likeness (QED) is 0.604. The summed E-state index contributed by atoms with van der Waals surface area (Å²) in [7, 11) is 0. The highest BCUT2D eigenvalue weighted by atomic mass is 16.4. The van der Waals surface area contributed by atoms with Gasteiger partial charge in [-0.1, -0.05) is 12.8 Å². The molecule has 0 aromatic rings. The third-order valence-electron chi connectivity index (χ3n) is 2.94. The molecule has 1 aliphatic carbocycles. The summed E-state index contributed by atoms with van der Waals surface area (Å²) >= 11 is 0. The molecule has 0 spiro atoms. The molecule has 0 heterocycles. The Kier molecular flexibility index (Phi) is 4.23. The van der Waals surface area contributed by atoms with Crippen LogP contribution in [0.5, 0.6) is 0 Å². The van der Waals surface area contributed by atoms with Crippen LogP contribution in [0.1, 0.15) is 32.1 Å². The fourth-order valence-electron chi connectivity index (χ4n) is 2.08. The topological polar surface area (TPSA) is 106 Å². The number of aliphatic carboxylic acids is 1. The van der Waals surface area contributed by atoms with Crippen molar-refractivity contribution in [3.05, 3.63) is 0 Å². The van der Waals surface area contributed by atoms with Gasteiger partial charge >= 0.3 is 5.97 Å². The van der Waals surface area contributed by atoms with Gasteiger partial charge in [-0.25, -0.2) is 0 Å². The summed E-state index contributed by atoms with van der Waals surface area (Å²) in [6, 6.07) is -1.05. The third-order valence-corrected chi connectivity index (χ3v) is 2.94. The molecule has 0 bridgehead atoms. The van der Waals surface area contributed by atoms with Crippen molar-refractivity contribution in [3.63, 3.8) is 0 Å². The second-order valence-electron chi connectivity index (χ2n) is 4.16. The Morgan fingerprint density at radius 1 is 1.33 bits per heavy atom. The summed E-state index contributed by atoms with van der Waals surface area (Å²) in [5.74, 6) is -1.47. The van der Waals surface area contributed by atoms with Crippen LogP contribution in [0.2, 0.25) is 0 Å². The lowest BCUT2D eigenvalue weighted by Crippen LogP contribution is -2.46. The minimum absolute atomic E-state index is 0.147. The first-order valence-electron chi connectivity index (χ1n) is 5.29. The van der Waals surface area contributed by atoms with Crippen LogP contribution in [0.3, 0.4) is 0 Å². The van der Waals surface area contributed by atoms with Gasteiger partial charge in [0.15, 0.2) is 5.78 Å². The van der Waals surface area contributed by atoms with Crippen molar-refractivity contribution < 1.29 is 14.7 Å². The fraction of sp³-hybridized carbons (Fsp3) is 0.800. The number of rotatable bonds is 4. The van der Waals surface area contributed by atoms with E-state index in [0.717, 1.165) is 25.7 Å². The monoisotopic (exact) mass is 214 g/mol. The average molecular weight is 214 g/mol. The lowest BCUT2D eigenvalue weighted by Gasteiger charge is -2.28. The van der Waals surface area contributed by atoms with E-state index in [4.69, 9.17) is 16.6 Å². The number of nitrogens with two attached hydrogens (primary N) is 2. The first kappa shape index (κ1) is 12.1. The molecule has 0 aromatic heterocycles. The summed E-state index contributed by atoms with van der Waals surface area (Å²) < 4.78 is 0. The Hall–Kier alpha value is -0.940. The van der Waals surface area contributed by atoms with Crippen LogP contribution in [0.25, 0.3) is 0 Å². The second kappa shape index (κ2) is 5.23. The molecule has 3 atom stereocenters. The first-order valence-corrected chi connectivity index (χ1v) is 5.29. The van der Waals surface area contributed by atoms with Crippen molar-refractivity contribution in [3.8, 4) is 0 Å². The summed E-state index contributed by atoms with van der Waals surface area (Å²) in [5.41, 5.74) is 11.3. The molecule has 1 aliphatic rings. The van der Waals surface area contributed by atoms with Gasteiger partial charge in [0, 0.05) is 12.0 Å². The lowest BCUT2D eigenvalue weighted by atomic mass is 9.80. The Labute approximate surface area is 88.8 Å². The zero-order chi connectivity index (χ0) is 11.4. The van der Waals surface area contributed by atoms with E-state index >= 15 is 0 Å². The Morgan fingerprint density at radius 3 is 2.47 bits per heavy atom. The van der Waals surface area contributed by atoms with Crippen molar-refractivity contribution in [1.82, 2.24) is 0 Å². The van der Waals surface area contributed by atoms with Gasteiger partial charge in [0.1, 0.15) is 0 Å². The van der Waals surface area contributed by atoms with E-state index in [0.29, 0.717) is 0 Å². The van der Waals surface area contributed by atoms with Gasteiger partial charge < -0.3 is 16.6 Å². The summed E-state index contributed by atoms with van der Waals surface area (Å²) in [5, 5.41) is 8.53. The average Bonchev–Trinajstić information content (AvgIpc) is 2.16. The number of hydrogen-bond acceptors (Lipinski definition) is 4. The number of carbonyl (C=O) groups excluding carboxylic acids is 1. The molecular formula is C10H18N2O3. The molecule has 0 saturated heterocycles. The van der Waals surface area contributed by atoms with Crippen LogP contribution in [-0.2, 0) is 9.59 Å². The highest BCUT2D eigenvalue weighted by Crippen LogP contribution is 2.24. The molecule has 5 N–H and O–H groups in total. The second-order valence-corrected chi connectivity index (χ2v) is 4.16. The number of Topliss-reactive ketones (excluding diaryl/α,β-unsaturated/α-hetero) is 1. The smallest absolute Gasteiger partial charge is 0.305 e. The molecule has 15 heavy (non-hydrogen) atoms. The highest BCUT2D eigenvalue weighted by molar-refractivity contribution is 5.90. The maximum absolute atomic E-state index is 11.8. The van der Waals surface area contributed by atoms with Crippen molar-refractivity contribution >= 4 is 11.8 Å². The van der Waals surface area contributed by atoms with Gasteiger partial charge in [-0.3, -0.25) is 9.59 Å². The minimum atomic E-state index is -1.04. The van der Waals surface area contributed by atoms with Crippen LogP contribution < -0.4 is 11.5 Å². The largest absolute Gasteiger partial charge is 0.481 e. The molecule has 1 saturated carbocycles. The Balaban J connectivity index is 2.54. The van der Waals surface area contributed by atoms with Gasteiger partial charge in [0.25, 0.3) is 0 Å². The van der Waals surface area contributed by atoms with Crippen LogP contribution in [0.15, 0.2) is 0 Å². The number of carboxylic acid groups (broad SMARTS) is 1. The molecule has 5 heteroatoms. The summed E-state index contributed by atoms with van der Waals surface area (Å²) in [4.78, 5) is 22.2. The van der Waals surface area contributed by atoms with E-state index in [9.17, 15) is 9.59 Å². The predicted molar refractivity (Wildman–Crippen MR) is 55.2 cm³/mol. The van der Waals surface area contributed by atoms with Gasteiger partial charge in [-0.2, -0.15) is 0 Å². The van der Waals surface area contributed by atoms with Gasteiger partial charge in [-0.05, 0) is 12.8 Å². The first-order chi connectivity index (χ1) is 7.02. The molecule has 0 aromatic carbocycles. The van der Waals surface area contributed by atoms with E-state index in [2.05, 4.69) is 0 Å². The molecule has 0 unspecified atom stereocenters. The standard InChI is InChI=1S/C10H18N2O3/c11-7-4-2-1-3-6(7)10(15)8(12)5-9(13)14/h6-8H,1-5,11-12H2,(H,13,14)/t6-,7-,8+/m0/s1. The molecule has 0 amide bonds. The van der Waals surface area contributed by atoms with E-state index < -0.39 is 12.0 Å². The summed E-state index contributed by atoms with van der Waals surface area (Å²) in [6.45, 7) is 0. The lowest BCUT2D eigenvalue weighted by molar-refractivity contribution is -0.140. The maximum Gasteiger partial charge on any atom is 0.305 e. The fourth-order valence-corrected chi connectivity index (χ4v) is 2.08. The van der Waals surface area contributed by atoms with Gasteiger partial charge in [0.2, 0.25) is 0 Å². The number of carbonyl (C=O) groups is 2. The number of carboxylic acids is 1. The highest BCUT2D eigenvalue weighted by Gasteiger charge is 2.32. The van der Waals surface area contributed by atoms with E-state index in [1.807, 2.05) is 0 Å². The number of ketones is 1. The van der Waals surface area contributed by atoms with Gasteiger partial charge in [0.05, 0.1) is 12.5 Å². The van der Waals surface area contributed by atoms with E-state index in [1.54, 1.807) is 0 Å². The van der Waals surface area contributed by atoms with Crippen molar-refractivity contribution in [1.29, 1.82) is 0 Å². The molecular weight excluding hydrogens is 196 g/mol. The van der Waals surface area contributed by atoms with Crippen LogP contribution >= 0.6 is 0 Å². The Morgan fingerprint density at radius 2 is 1.93 bits per heavy atom. The van der Waals surface area contributed by atoms with Crippen LogP contribution in [0.4, 0.5) is 0 Å². The zero-order valence-corrected chi connectivity index (χ0v) is 8.69. The van der Waals surface area contributed by atoms with Crippen molar-refractivity contribution in [2.75, 3.05) is 0 Å². The molecule has 1 rings (SSSR count). The molecule has 0 aliphatic heterocycles. The van der Waals surface area contributed by atoms with Gasteiger partial charge in [-0.15, -0.1) is 0 Å². The predicted octanol–water partition coefficient (Wildman–Crippen LogP) is -0.125. The van der Waals surface area contributed by atoms with Crippen LogP contribution in [-0.4, -0.2) is 28.9 Å². The molecule has 86 valence electrons. The minimum Gasteiger partial charge on any atom is -0.481 e. The van der Waals surface area contributed by atoms with Crippen molar-refractivity contribution in [2.24, 2.45) is 17.4 Å². The SMILES string of the molecule is N[C@H](CC(=O)O)C(=O)[C@H]1CCCC[C@@H]1N. The number of hydrogen-bond donors (Lipinski definition) is 3. The van der Waals surface area contributed by atoms with E-state index in [1.165, 1.54) is 0 Å². The molecule has 1 fully saturated rings. The normalized spacial score (nSPS) is 28.4. The van der Waals surface area contributed by atoms with Crippen LogP contribution in [0, 0.1) is 5.92 Å². The zero-order valence-electron chi connectivity index (χ0n) is 8.69. The molecule has 0 radical (unpaired) electrons.